The fourth-order valence-electron chi connectivity index (χ4n) is 2.47. The van der Waals surface area contributed by atoms with Gasteiger partial charge in [-0.25, -0.2) is 9.78 Å². The Bertz CT molecular complexity index is 1020. The zero-order valence-corrected chi connectivity index (χ0v) is 16.6. The highest BCUT2D eigenvalue weighted by Gasteiger charge is 2.23. The highest BCUT2D eigenvalue weighted by molar-refractivity contribution is 6.69. The molecule has 0 aliphatic heterocycles. The van der Waals surface area contributed by atoms with Crippen LogP contribution in [0.25, 0.3) is 0 Å². The lowest BCUT2D eigenvalue weighted by atomic mass is 10.2. The van der Waals surface area contributed by atoms with E-state index in [-0.39, 0.29) is 18.1 Å². The summed E-state index contributed by atoms with van der Waals surface area (Å²) in [6.45, 7) is 1.84. The van der Waals surface area contributed by atoms with E-state index in [9.17, 15) is 14.4 Å². The molecule has 0 atom stereocenters. The maximum Gasteiger partial charge on any atom is 0.358 e. The van der Waals surface area contributed by atoms with Gasteiger partial charge in [0.05, 0.1) is 12.9 Å². The van der Waals surface area contributed by atoms with Gasteiger partial charge >= 0.3 is 5.97 Å². The number of hydrogen-bond donors (Lipinski definition) is 4. The topological polar surface area (TPSA) is 138 Å². The third kappa shape index (κ3) is 5.76. The van der Waals surface area contributed by atoms with E-state index in [4.69, 9.17) is 4.74 Å². The Kier molecular flexibility index (Phi) is 7.09. The molecule has 0 fully saturated rings. The molecule has 0 aliphatic rings. The lowest BCUT2D eigenvalue weighted by Crippen LogP contribution is -2.35. The number of esters is 1. The van der Waals surface area contributed by atoms with Crippen molar-refractivity contribution in [1.29, 1.82) is 0 Å². The van der Waals surface area contributed by atoms with Crippen molar-refractivity contribution in [1.82, 2.24) is 9.97 Å². The number of carbonyl (C=O) groups is 3. The molecule has 10 nitrogen and oxygen atoms in total. The minimum atomic E-state index is -0.750. The van der Waals surface area contributed by atoms with Crippen molar-refractivity contribution in [3.8, 4) is 0 Å². The number of ether oxygens (including phenoxy) is 1. The van der Waals surface area contributed by atoms with Crippen molar-refractivity contribution in [2.24, 2.45) is 5.10 Å². The largest absolute Gasteiger partial charge is 0.461 e. The molecule has 4 N–H and O–H groups in total. The minimum Gasteiger partial charge on any atom is -0.461 e. The molecule has 1 aromatic heterocycles. The van der Waals surface area contributed by atoms with E-state index in [1.54, 1.807) is 67.6 Å². The van der Waals surface area contributed by atoms with Crippen LogP contribution in [0.5, 0.6) is 0 Å². The van der Waals surface area contributed by atoms with Crippen LogP contribution in [-0.4, -0.2) is 40.1 Å². The Morgan fingerprint density at radius 2 is 1.48 bits per heavy atom. The molecule has 1 heterocycles. The van der Waals surface area contributed by atoms with Gasteiger partial charge in [-0.05, 0) is 31.2 Å². The molecule has 0 bridgehead atoms. The predicted octanol–water partition coefficient (Wildman–Crippen LogP) is 2.63. The molecule has 158 valence electrons. The Labute approximate surface area is 177 Å². The van der Waals surface area contributed by atoms with Crippen molar-refractivity contribution in [2.45, 2.75) is 6.92 Å². The number of anilines is 3. The number of rotatable bonds is 8. The Hall–Kier alpha value is -4.47. The second kappa shape index (κ2) is 10.3. The van der Waals surface area contributed by atoms with Crippen LogP contribution in [0, 0.1) is 0 Å². The fraction of sp³-hybridized carbons (Fsp3) is 0.0952. The quantitative estimate of drug-likeness (QED) is 0.191. The highest BCUT2D eigenvalue weighted by atomic mass is 16.5. The van der Waals surface area contributed by atoms with E-state index in [0.29, 0.717) is 11.4 Å². The highest BCUT2D eigenvalue weighted by Crippen LogP contribution is 2.12. The van der Waals surface area contributed by atoms with Crippen LogP contribution in [0.3, 0.4) is 0 Å². The normalized spacial score (nSPS) is 9.97. The van der Waals surface area contributed by atoms with Gasteiger partial charge in [0, 0.05) is 11.4 Å². The summed E-state index contributed by atoms with van der Waals surface area (Å²) in [7, 11) is 0. The molecule has 0 unspecified atom stereocenters. The summed E-state index contributed by atoms with van der Waals surface area (Å²) in [5, 5.41) is 9.13. The molecular formula is C21H20N6O4. The van der Waals surface area contributed by atoms with Gasteiger partial charge in [0.15, 0.2) is 11.5 Å². The second-order valence-corrected chi connectivity index (χ2v) is 6.06. The molecule has 2 amide bonds. The summed E-state index contributed by atoms with van der Waals surface area (Å²) in [5.41, 5.74) is 3.00. The first-order chi connectivity index (χ1) is 15.1. The van der Waals surface area contributed by atoms with Crippen LogP contribution in [0.2, 0.25) is 0 Å². The molecule has 31 heavy (non-hydrogen) atoms. The zero-order chi connectivity index (χ0) is 22.1. The molecule has 0 saturated heterocycles. The number of carbonyl (C=O) groups excluding carboxylic acids is 3. The van der Waals surface area contributed by atoms with Gasteiger partial charge in [0.25, 0.3) is 11.8 Å². The SMILES string of the molecule is CCOC(=O)c1[nH]cnc1NN=C(C(=O)Nc1ccccc1)C(=O)Nc1ccccc1. The molecule has 10 heteroatoms. The maximum atomic E-state index is 12.8. The molecule has 3 rings (SSSR count). The second-order valence-electron chi connectivity index (χ2n) is 6.06. The van der Waals surface area contributed by atoms with Gasteiger partial charge in [0.1, 0.15) is 0 Å². The number of para-hydroxylation sites is 2. The van der Waals surface area contributed by atoms with Crippen molar-refractivity contribution < 1.29 is 19.1 Å². The van der Waals surface area contributed by atoms with E-state index in [2.05, 4.69) is 31.1 Å². The number of aromatic nitrogens is 2. The summed E-state index contributed by atoms with van der Waals surface area (Å²) in [4.78, 5) is 44.1. The van der Waals surface area contributed by atoms with Crippen LogP contribution >= 0.6 is 0 Å². The predicted molar refractivity (Wildman–Crippen MR) is 116 cm³/mol. The molecule has 2 aromatic carbocycles. The van der Waals surface area contributed by atoms with E-state index in [1.807, 2.05) is 0 Å². The van der Waals surface area contributed by atoms with Crippen LogP contribution in [0.1, 0.15) is 17.4 Å². The molecule has 0 aliphatic carbocycles. The fourth-order valence-corrected chi connectivity index (χ4v) is 2.47. The average Bonchev–Trinajstić information content (AvgIpc) is 3.24. The van der Waals surface area contributed by atoms with Crippen molar-refractivity contribution >= 4 is 40.7 Å². The summed E-state index contributed by atoms with van der Waals surface area (Å²) < 4.78 is 4.93. The third-order valence-electron chi connectivity index (χ3n) is 3.89. The van der Waals surface area contributed by atoms with Gasteiger partial charge in [-0.1, -0.05) is 36.4 Å². The van der Waals surface area contributed by atoms with E-state index >= 15 is 0 Å². The van der Waals surface area contributed by atoms with Crippen LogP contribution in [0.4, 0.5) is 17.2 Å². The Morgan fingerprint density at radius 3 is 2.00 bits per heavy atom. The maximum absolute atomic E-state index is 12.8. The minimum absolute atomic E-state index is 0.0102. The number of hydrogen-bond acceptors (Lipinski definition) is 7. The van der Waals surface area contributed by atoms with Gasteiger partial charge in [-0.3, -0.25) is 15.0 Å². The van der Waals surface area contributed by atoms with Gasteiger partial charge in [0.2, 0.25) is 5.71 Å². The van der Waals surface area contributed by atoms with E-state index in [0.717, 1.165) is 0 Å². The summed E-state index contributed by atoms with van der Waals surface area (Å²) in [5.74, 6) is -2.14. The number of aromatic amines is 1. The van der Waals surface area contributed by atoms with Crippen molar-refractivity contribution in [3.05, 3.63) is 72.7 Å². The van der Waals surface area contributed by atoms with E-state index < -0.39 is 23.5 Å². The average molecular weight is 420 g/mol. The molecule has 0 spiro atoms. The first-order valence-electron chi connectivity index (χ1n) is 9.35. The third-order valence-corrected chi connectivity index (χ3v) is 3.89. The first kappa shape index (κ1) is 21.2. The lowest BCUT2D eigenvalue weighted by Gasteiger charge is -2.10. The number of imidazole rings is 1. The molecule has 0 saturated carbocycles. The number of benzene rings is 2. The number of hydrazone groups is 1. The standard InChI is InChI=1S/C21H20N6O4/c1-2-31-21(30)16-18(23-13-22-16)27-26-17(19(28)24-14-9-5-3-6-10-14)20(29)25-15-11-7-4-8-12-15/h3-13,27H,2H2,1H3,(H,22,23)(H,24,28)(H,25,29). The zero-order valence-electron chi connectivity index (χ0n) is 16.6. The van der Waals surface area contributed by atoms with Crippen LogP contribution in [-0.2, 0) is 14.3 Å². The first-order valence-corrected chi connectivity index (χ1v) is 9.35. The lowest BCUT2D eigenvalue weighted by molar-refractivity contribution is -0.114. The Morgan fingerprint density at radius 1 is 0.935 bits per heavy atom. The molecular weight excluding hydrogens is 400 g/mol. The van der Waals surface area contributed by atoms with Crippen LogP contribution < -0.4 is 16.1 Å². The number of amides is 2. The van der Waals surface area contributed by atoms with E-state index in [1.165, 1.54) is 6.33 Å². The van der Waals surface area contributed by atoms with Gasteiger partial charge in [-0.2, -0.15) is 5.10 Å². The van der Waals surface area contributed by atoms with Crippen LogP contribution in [0.15, 0.2) is 72.1 Å². The molecule has 0 radical (unpaired) electrons. The van der Waals surface area contributed by atoms with Crippen molar-refractivity contribution in [3.63, 3.8) is 0 Å². The summed E-state index contributed by atoms with van der Waals surface area (Å²) >= 11 is 0. The monoisotopic (exact) mass is 420 g/mol. The number of nitrogens with one attached hydrogen (secondary N) is 4. The molecule has 3 aromatic rings. The number of H-pyrrole nitrogens is 1. The smallest absolute Gasteiger partial charge is 0.358 e. The Balaban J connectivity index is 1.84. The summed E-state index contributed by atoms with van der Waals surface area (Å²) in [6, 6.07) is 17.2. The summed E-state index contributed by atoms with van der Waals surface area (Å²) in [6.07, 6.45) is 1.26. The van der Waals surface area contributed by atoms with Crippen molar-refractivity contribution in [2.75, 3.05) is 22.7 Å². The van der Waals surface area contributed by atoms with Gasteiger partial charge in [-0.15, -0.1) is 0 Å². The van der Waals surface area contributed by atoms with Gasteiger partial charge < -0.3 is 20.4 Å². The number of nitrogens with zero attached hydrogens (tertiary/aromatic N) is 2.